The molecule has 0 aliphatic carbocycles. The number of hydrogen-bond donors (Lipinski definition) is 2. The van der Waals surface area contributed by atoms with Gasteiger partial charge in [-0.15, -0.1) is 0 Å². The van der Waals surface area contributed by atoms with Crippen LogP contribution in [0.1, 0.15) is 38.3 Å². The van der Waals surface area contributed by atoms with Crippen LogP contribution in [-0.4, -0.2) is 28.0 Å². The molecule has 1 atom stereocenters. The second-order valence-electron chi connectivity index (χ2n) is 4.40. The topological polar surface area (TPSA) is 79.3 Å². The summed E-state index contributed by atoms with van der Waals surface area (Å²) in [6, 6.07) is 5.32. The van der Waals surface area contributed by atoms with Crippen molar-refractivity contribution in [3.63, 3.8) is 0 Å². The lowest BCUT2D eigenvalue weighted by atomic mass is 9.97. The summed E-state index contributed by atoms with van der Waals surface area (Å²) in [5, 5.41) is 11.5. The van der Waals surface area contributed by atoms with Crippen molar-refractivity contribution >= 4 is 11.9 Å². The number of nitrogens with zero attached hydrogens (tertiary/aromatic N) is 1. The number of carboxylic acid groups (broad SMARTS) is 1. The highest BCUT2D eigenvalue weighted by molar-refractivity contribution is 5.83. The Morgan fingerprint density at radius 2 is 2.11 bits per heavy atom. The second-order valence-corrected chi connectivity index (χ2v) is 4.40. The van der Waals surface area contributed by atoms with Crippen molar-refractivity contribution in [2.45, 2.75) is 38.6 Å². The summed E-state index contributed by atoms with van der Waals surface area (Å²) in [6.45, 7) is 3.73. The Morgan fingerprint density at radius 1 is 1.39 bits per heavy atom. The van der Waals surface area contributed by atoms with Gasteiger partial charge in [0.25, 0.3) is 0 Å². The van der Waals surface area contributed by atoms with Crippen molar-refractivity contribution in [2.24, 2.45) is 0 Å². The number of carbonyl (C=O) groups excluding carboxylic acids is 1. The number of carboxylic acids is 1. The monoisotopic (exact) mass is 250 g/mol. The molecule has 5 nitrogen and oxygen atoms in total. The Balaban J connectivity index is 2.81. The highest BCUT2D eigenvalue weighted by atomic mass is 16.4. The van der Waals surface area contributed by atoms with Gasteiger partial charge in [-0.3, -0.25) is 14.6 Å². The van der Waals surface area contributed by atoms with E-state index in [1.807, 2.05) is 13.8 Å². The fourth-order valence-corrected chi connectivity index (χ4v) is 1.65. The molecule has 0 aliphatic heterocycles. The molecule has 2 N–H and O–H groups in total. The summed E-state index contributed by atoms with van der Waals surface area (Å²) < 4.78 is 0. The zero-order chi connectivity index (χ0) is 13.5. The van der Waals surface area contributed by atoms with Gasteiger partial charge in [0.15, 0.2) is 0 Å². The zero-order valence-electron chi connectivity index (χ0n) is 10.6. The summed E-state index contributed by atoms with van der Waals surface area (Å²) in [6.07, 6.45) is 1.81. The molecule has 1 heterocycles. The van der Waals surface area contributed by atoms with Gasteiger partial charge in [0, 0.05) is 18.7 Å². The maximum Gasteiger partial charge on any atom is 0.303 e. The van der Waals surface area contributed by atoms with Crippen molar-refractivity contribution in [1.29, 1.82) is 0 Å². The maximum atomic E-state index is 12.0. The van der Waals surface area contributed by atoms with Gasteiger partial charge in [-0.25, -0.2) is 0 Å². The lowest BCUT2D eigenvalue weighted by Crippen LogP contribution is -2.35. The number of aromatic nitrogens is 1. The number of amides is 1. The van der Waals surface area contributed by atoms with E-state index < -0.39 is 11.9 Å². The fourth-order valence-electron chi connectivity index (χ4n) is 1.65. The van der Waals surface area contributed by atoms with Gasteiger partial charge in [0.05, 0.1) is 11.6 Å². The Bertz CT molecular complexity index is 404. The SMILES string of the molecule is CC(C)NC(=O)C(CCC(=O)O)c1ccccn1. The minimum atomic E-state index is -0.909. The summed E-state index contributed by atoms with van der Waals surface area (Å²) in [5.41, 5.74) is 0.608. The number of pyridine rings is 1. The van der Waals surface area contributed by atoms with Crippen LogP contribution in [0.3, 0.4) is 0 Å². The van der Waals surface area contributed by atoms with Gasteiger partial charge in [0.2, 0.25) is 5.91 Å². The minimum absolute atomic E-state index is 0.0218. The normalized spacial score (nSPS) is 12.2. The molecule has 0 radical (unpaired) electrons. The van der Waals surface area contributed by atoms with Crippen LogP contribution in [0.4, 0.5) is 0 Å². The van der Waals surface area contributed by atoms with E-state index in [1.165, 1.54) is 0 Å². The molecule has 0 saturated carbocycles. The van der Waals surface area contributed by atoms with Crippen LogP contribution in [0.15, 0.2) is 24.4 Å². The fraction of sp³-hybridized carbons (Fsp3) is 0.462. The number of carbonyl (C=O) groups is 2. The van der Waals surface area contributed by atoms with Crippen LogP contribution in [0.5, 0.6) is 0 Å². The van der Waals surface area contributed by atoms with Gasteiger partial charge < -0.3 is 10.4 Å². The Kier molecular flexibility index (Phi) is 5.30. The molecule has 98 valence electrons. The van der Waals surface area contributed by atoms with Crippen LogP contribution in [-0.2, 0) is 9.59 Å². The third-order valence-corrected chi connectivity index (χ3v) is 2.44. The third-order valence-electron chi connectivity index (χ3n) is 2.44. The first kappa shape index (κ1) is 14.2. The molecule has 0 aliphatic rings. The smallest absolute Gasteiger partial charge is 0.303 e. The Labute approximate surface area is 106 Å². The molecular weight excluding hydrogens is 232 g/mol. The largest absolute Gasteiger partial charge is 0.481 e. The Morgan fingerprint density at radius 3 is 2.61 bits per heavy atom. The highest BCUT2D eigenvalue weighted by Crippen LogP contribution is 2.19. The van der Waals surface area contributed by atoms with E-state index in [9.17, 15) is 9.59 Å². The quantitative estimate of drug-likeness (QED) is 0.803. The number of aliphatic carboxylic acids is 1. The van der Waals surface area contributed by atoms with Gasteiger partial charge in [0.1, 0.15) is 0 Å². The van der Waals surface area contributed by atoms with Crippen LogP contribution in [0, 0.1) is 0 Å². The predicted octanol–water partition coefficient (Wildman–Crippen LogP) is 1.55. The third kappa shape index (κ3) is 4.53. The van der Waals surface area contributed by atoms with E-state index in [0.29, 0.717) is 5.69 Å². The lowest BCUT2D eigenvalue weighted by Gasteiger charge is -2.17. The van der Waals surface area contributed by atoms with Crippen molar-refractivity contribution in [1.82, 2.24) is 10.3 Å². The molecular formula is C13H18N2O3. The summed E-state index contributed by atoms with van der Waals surface area (Å²) in [5.74, 6) is -1.59. The van der Waals surface area contributed by atoms with E-state index in [4.69, 9.17) is 5.11 Å². The molecule has 18 heavy (non-hydrogen) atoms. The first-order chi connectivity index (χ1) is 8.50. The molecule has 1 rings (SSSR count). The van der Waals surface area contributed by atoms with Crippen LogP contribution >= 0.6 is 0 Å². The first-order valence-corrected chi connectivity index (χ1v) is 5.93. The van der Waals surface area contributed by atoms with Crippen LogP contribution < -0.4 is 5.32 Å². The van der Waals surface area contributed by atoms with Crippen molar-refractivity contribution in [3.05, 3.63) is 30.1 Å². The zero-order valence-corrected chi connectivity index (χ0v) is 10.6. The van der Waals surface area contributed by atoms with Gasteiger partial charge in [-0.2, -0.15) is 0 Å². The van der Waals surface area contributed by atoms with Crippen molar-refractivity contribution in [3.8, 4) is 0 Å². The van der Waals surface area contributed by atoms with Gasteiger partial charge in [-0.1, -0.05) is 6.07 Å². The van der Waals surface area contributed by atoms with Crippen molar-refractivity contribution < 1.29 is 14.7 Å². The number of rotatable bonds is 6. The van der Waals surface area contributed by atoms with E-state index in [1.54, 1.807) is 24.4 Å². The Hall–Kier alpha value is -1.91. The average Bonchev–Trinajstić information content (AvgIpc) is 2.29. The summed E-state index contributed by atoms with van der Waals surface area (Å²) in [4.78, 5) is 26.8. The second kappa shape index (κ2) is 6.74. The minimum Gasteiger partial charge on any atom is -0.481 e. The molecule has 0 bridgehead atoms. The standard InChI is InChI=1S/C13H18N2O3/c1-9(2)15-13(18)10(6-7-12(16)17)11-5-3-4-8-14-11/h3-5,8-10H,6-7H2,1-2H3,(H,15,18)(H,16,17). The van der Waals surface area contributed by atoms with E-state index in [-0.39, 0.29) is 24.8 Å². The van der Waals surface area contributed by atoms with Crippen LogP contribution in [0.2, 0.25) is 0 Å². The molecule has 1 unspecified atom stereocenters. The first-order valence-electron chi connectivity index (χ1n) is 5.93. The maximum absolute atomic E-state index is 12.0. The van der Waals surface area contributed by atoms with Gasteiger partial charge >= 0.3 is 5.97 Å². The van der Waals surface area contributed by atoms with Crippen molar-refractivity contribution in [2.75, 3.05) is 0 Å². The van der Waals surface area contributed by atoms with Crippen LogP contribution in [0.25, 0.3) is 0 Å². The van der Waals surface area contributed by atoms with E-state index >= 15 is 0 Å². The number of nitrogens with one attached hydrogen (secondary N) is 1. The molecule has 1 amide bonds. The molecule has 1 aromatic rings. The van der Waals surface area contributed by atoms with Gasteiger partial charge in [-0.05, 0) is 32.4 Å². The van der Waals surface area contributed by atoms with E-state index in [2.05, 4.69) is 10.3 Å². The highest BCUT2D eigenvalue weighted by Gasteiger charge is 2.22. The molecule has 0 aromatic carbocycles. The van der Waals surface area contributed by atoms with E-state index in [0.717, 1.165) is 0 Å². The molecule has 0 fully saturated rings. The molecule has 0 spiro atoms. The summed E-state index contributed by atoms with van der Waals surface area (Å²) >= 11 is 0. The molecule has 1 aromatic heterocycles. The molecule has 5 heteroatoms. The average molecular weight is 250 g/mol. The molecule has 0 saturated heterocycles. The number of hydrogen-bond acceptors (Lipinski definition) is 3. The summed E-state index contributed by atoms with van der Waals surface area (Å²) in [7, 11) is 0. The predicted molar refractivity (Wildman–Crippen MR) is 67.1 cm³/mol. The lowest BCUT2D eigenvalue weighted by molar-refractivity contribution is -0.137.